The highest BCUT2D eigenvalue weighted by atomic mass is 16.3. The Morgan fingerprint density at radius 3 is 3.12 bits per heavy atom. The van der Waals surface area contributed by atoms with Gasteiger partial charge in [-0.2, -0.15) is 4.98 Å². The number of piperidine rings is 1. The number of nitrogens with one attached hydrogen (secondary N) is 1. The molecule has 1 saturated heterocycles. The summed E-state index contributed by atoms with van der Waals surface area (Å²) in [6.07, 6.45) is 4.07. The van der Waals surface area contributed by atoms with Crippen molar-refractivity contribution in [1.29, 1.82) is 0 Å². The molecule has 1 atom stereocenters. The molecule has 0 radical (unpaired) electrons. The van der Waals surface area contributed by atoms with E-state index in [0.717, 1.165) is 37.3 Å². The van der Waals surface area contributed by atoms with Crippen molar-refractivity contribution in [3.63, 3.8) is 0 Å². The molecule has 1 unspecified atom stereocenters. The van der Waals surface area contributed by atoms with Crippen molar-refractivity contribution in [2.24, 2.45) is 5.92 Å². The zero-order valence-electron chi connectivity index (χ0n) is 10.5. The number of nitrogens with zero attached hydrogens (tertiary/aromatic N) is 3. The Morgan fingerprint density at radius 1 is 1.59 bits per heavy atom. The Bertz CT molecular complexity index is 383. The molecule has 0 aliphatic carbocycles. The molecule has 2 rings (SSSR count). The van der Waals surface area contributed by atoms with Crippen LogP contribution >= 0.6 is 0 Å². The van der Waals surface area contributed by atoms with Crippen LogP contribution < -0.4 is 10.2 Å². The molecular weight excluding hydrogens is 216 g/mol. The summed E-state index contributed by atoms with van der Waals surface area (Å²) in [5.41, 5.74) is 1.09. The van der Waals surface area contributed by atoms with E-state index >= 15 is 0 Å². The lowest BCUT2D eigenvalue weighted by atomic mass is 9.99. The maximum absolute atomic E-state index is 9.25. The van der Waals surface area contributed by atoms with Crippen LogP contribution in [-0.4, -0.2) is 41.8 Å². The van der Waals surface area contributed by atoms with Gasteiger partial charge in [0.2, 0.25) is 5.95 Å². The highest BCUT2D eigenvalue weighted by Gasteiger charge is 2.21. The van der Waals surface area contributed by atoms with Gasteiger partial charge >= 0.3 is 0 Å². The molecule has 0 aromatic carbocycles. The van der Waals surface area contributed by atoms with Gasteiger partial charge in [-0.15, -0.1) is 0 Å². The third kappa shape index (κ3) is 2.66. The molecule has 1 aromatic rings. The van der Waals surface area contributed by atoms with Gasteiger partial charge in [0.1, 0.15) is 5.82 Å². The molecule has 0 amide bonds. The molecule has 5 heteroatoms. The van der Waals surface area contributed by atoms with Crippen LogP contribution in [0.4, 0.5) is 11.8 Å². The monoisotopic (exact) mass is 236 g/mol. The predicted octanol–water partition coefficient (Wildman–Crippen LogP) is 1.04. The Kier molecular flexibility index (Phi) is 3.78. The quantitative estimate of drug-likeness (QED) is 0.821. The first-order valence-electron chi connectivity index (χ1n) is 6.11. The zero-order valence-corrected chi connectivity index (χ0v) is 10.5. The van der Waals surface area contributed by atoms with E-state index in [4.69, 9.17) is 0 Å². The minimum absolute atomic E-state index is 0.263. The summed E-state index contributed by atoms with van der Waals surface area (Å²) in [7, 11) is 1.82. The molecule has 2 N–H and O–H groups in total. The van der Waals surface area contributed by atoms with E-state index in [1.165, 1.54) is 0 Å². The molecule has 1 aromatic heterocycles. The molecule has 94 valence electrons. The van der Waals surface area contributed by atoms with Gasteiger partial charge in [0, 0.05) is 38.5 Å². The fourth-order valence-corrected chi connectivity index (χ4v) is 2.28. The number of aromatic nitrogens is 2. The largest absolute Gasteiger partial charge is 0.396 e. The highest BCUT2D eigenvalue weighted by molar-refractivity contribution is 5.49. The van der Waals surface area contributed by atoms with Gasteiger partial charge in [-0.25, -0.2) is 4.98 Å². The van der Waals surface area contributed by atoms with Crippen LogP contribution in [-0.2, 0) is 0 Å². The molecule has 0 saturated carbocycles. The van der Waals surface area contributed by atoms with E-state index in [-0.39, 0.29) is 6.61 Å². The number of hydrogen-bond acceptors (Lipinski definition) is 5. The van der Waals surface area contributed by atoms with Crippen molar-refractivity contribution < 1.29 is 5.11 Å². The van der Waals surface area contributed by atoms with Crippen molar-refractivity contribution in [3.05, 3.63) is 11.8 Å². The summed E-state index contributed by atoms with van der Waals surface area (Å²) in [5, 5.41) is 12.2. The fraction of sp³-hybridized carbons (Fsp3) is 0.667. The second kappa shape index (κ2) is 5.31. The van der Waals surface area contributed by atoms with Crippen molar-refractivity contribution in [2.75, 3.05) is 37.0 Å². The van der Waals surface area contributed by atoms with Crippen LogP contribution in [0.5, 0.6) is 0 Å². The van der Waals surface area contributed by atoms with Gasteiger partial charge in [0.15, 0.2) is 0 Å². The average molecular weight is 236 g/mol. The average Bonchev–Trinajstić information content (AvgIpc) is 2.39. The van der Waals surface area contributed by atoms with E-state index in [1.807, 2.05) is 20.2 Å². The standard InChI is InChI=1S/C12H20N4O/c1-9-6-14-12(13-2)15-11(9)16-5-3-4-10(7-16)8-17/h6,10,17H,3-5,7-8H2,1-2H3,(H,13,14,15). The third-order valence-electron chi connectivity index (χ3n) is 3.25. The molecule has 1 fully saturated rings. The minimum Gasteiger partial charge on any atom is -0.396 e. The van der Waals surface area contributed by atoms with Crippen molar-refractivity contribution in [3.8, 4) is 0 Å². The lowest BCUT2D eigenvalue weighted by Crippen LogP contribution is -2.37. The first-order chi connectivity index (χ1) is 8.24. The van der Waals surface area contributed by atoms with Gasteiger partial charge in [-0.1, -0.05) is 0 Å². The number of aliphatic hydroxyl groups excluding tert-OH is 1. The molecule has 1 aliphatic rings. The summed E-state index contributed by atoms with van der Waals surface area (Å²) in [6.45, 7) is 4.19. The molecule has 2 heterocycles. The summed E-state index contributed by atoms with van der Waals surface area (Å²) >= 11 is 0. The van der Waals surface area contributed by atoms with Crippen LogP contribution in [0.1, 0.15) is 18.4 Å². The zero-order chi connectivity index (χ0) is 12.3. The minimum atomic E-state index is 0.263. The van der Waals surface area contributed by atoms with Gasteiger partial charge < -0.3 is 15.3 Å². The number of aliphatic hydroxyl groups is 1. The van der Waals surface area contributed by atoms with E-state index in [0.29, 0.717) is 11.9 Å². The fourth-order valence-electron chi connectivity index (χ4n) is 2.28. The van der Waals surface area contributed by atoms with E-state index in [2.05, 4.69) is 20.2 Å². The second-order valence-corrected chi connectivity index (χ2v) is 4.59. The number of aryl methyl sites for hydroxylation is 1. The van der Waals surface area contributed by atoms with Crippen molar-refractivity contribution >= 4 is 11.8 Å². The third-order valence-corrected chi connectivity index (χ3v) is 3.25. The first-order valence-corrected chi connectivity index (χ1v) is 6.11. The second-order valence-electron chi connectivity index (χ2n) is 4.59. The molecule has 5 nitrogen and oxygen atoms in total. The summed E-state index contributed by atoms with van der Waals surface area (Å²) < 4.78 is 0. The SMILES string of the molecule is CNc1ncc(C)c(N2CCCC(CO)C2)n1. The van der Waals surface area contributed by atoms with Crippen LogP contribution in [0, 0.1) is 12.8 Å². The lowest BCUT2D eigenvalue weighted by Gasteiger charge is -2.33. The van der Waals surface area contributed by atoms with E-state index in [1.54, 1.807) is 0 Å². The summed E-state index contributed by atoms with van der Waals surface area (Å²) in [4.78, 5) is 11.0. The van der Waals surface area contributed by atoms with Crippen LogP contribution in [0.2, 0.25) is 0 Å². The summed E-state index contributed by atoms with van der Waals surface area (Å²) in [6, 6.07) is 0. The molecular formula is C12H20N4O. The first kappa shape index (κ1) is 12.1. The van der Waals surface area contributed by atoms with Gasteiger partial charge in [0.05, 0.1) is 0 Å². The summed E-state index contributed by atoms with van der Waals surface area (Å²) in [5.74, 6) is 2.01. The number of anilines is 2. The van der Waals surface area contributed by atoms with Crippen molar-refractivity contribution in [2.45, 2.75) is 19.8 Å². The van der Waals surface area contributed by atoms with E-state index < -0.39 is 0 Å². The van der Waals surface area contributed by atoms with Crippen LogP contribution in [0.15, 0.2) is 6.20 Å². The molecule has 17 heavy (non-hydrogen) atoms. The molecule has 0 spiro atoms. The maximum atomic E-state index is 9.25. The molecule has 0 bridgehead atoms. The Balaban J connectivity index is 2.20. The van der Waals surface area contributed by atoms with Gasteiger partial charge in [-0.3, -0.25) is 0 Å². The predicted molar refractivity (Wildman–Crippen MR) is 68.3 cm³/mol. The molecule has 1 aliphatic heterocycles. The number of rotatable bonds is 3. The van der Waals surface area contributed by atoms with Gasteiger partial charge in [-0.05, 0) is 25.7 Å². The maximum Gasteiger partial charge on any atom is 0.224 e. The lowest BCUT2D eigenvalue weighted by molar-refractivity contribution is 0.208. The van der Waals surface area contributed by atoms with Crippen molar-refractivity contribution in [1.82, 2.24) is 9.97 Å². The Morgan fingerprint density at radius 2 is 2.41 bits per heavy atom. The van der Waals surface area contributed by atoms with Crippen LogP contribution in [0.25, 0.3) is 0 Å². The van der Waals surface area contributed by atoms with Gasteiger partial charge in [0.25, 0.3) is 0 Å². The smallest absolute Gasteiger partial charge is 0.224 e. The highest BCUT2D eigenvalue weighted by Crippen LogP contribution is 2.24. The normalized spacial score (nSPS) is 20.4. The number of hydrogen-bond donors (Lipinski definition) is 2. The van der Waals surface area contributed by atoms with Crippen LogP contribution in [0.3, 0.4) is 0 Å². The van der Waals surface area contributed by atoms with E-state index in [9.17, 15) is 5.11 Å². The topological polar surface area (TPSA) is 61.3 Å². The Hall–Kier alpha value is -1.36. The Labute approximate surface area is 102 Å².